The number of para-hydroxylation sites is 1. The predicted molar refractivity (Wildman–Crippen MR) is 75.7 cm³/mol. The Bertz CT molecular complexity index is 403. The molecule has 1 fully saturated rings. The fourth-order valence-electron chi connectivity index (χ4n) is 2.24. The molecule has 0 aromatic heterocycles. The Morgan fingerprint density at radius 1 is 1.39 bits per heavy atom. The maximum absolute atomic E-state index is 9.89. The minimum absolute atomic E-state index is 0.319. The summed E-state index contributed by atoms with van der Waals surface area (Å²) in [6, 6.07) is 5.73. The molecule has 0 amide bonds. The normalized spacial score (nSPS) is 18.8. The second kappa shape index (κ2) is 6.04. The quantitative estimate of drug-likeness (QED) is 0.897. The molecular weight excluding hydrogens is 294 g/mol. The first kappa shape index (κ1) is 13.8. The van der Waals surface area contributed by atoms with Gasteiger partial charge in [-0.25, -0.2) is 0 Å². The van der Waals surface area contributed by atoms with E-state index < -0.39 is 0 Å². The third kappa shape index (κ3) is 3.46. The second-order valence-electron chi connectivity index (χ2n) is 5.27. The van der Waals surface area contributed by atoms with Crippen LogP contribution in [0.15, 0.2) is 22.7 Å². The summed E-state index contributed by atoms with van der Waals surface area (Å²) >= 11 is 3.33. The van der Waals surface area contributed by atoms with Crippen molar-refractivity contribution in [2.45, 2.75) is 26.3 Å². The van der Waals surface area contributed by atoms with E-state index in [1.54, 1.807) is 0 Å². The molecule has 0 unspecified atom stereocenters. The number of phenolic OH excluding ortho intramolecular Hbond substituents is 1. The van der Waals surface area contributed by atoms with Crippen LogP contribution >= 0.6 is 15.9 Å². The molecule has 18 heavy (non-hydrogen) atoms. The highest BCUT2D eigenvalue weighted by atomic mass is 79.9. The van der Waals surface area contributed by atoms with E-state index in [0.29, 0.717) is 17.7 Å². The molecule has 100 valence electrons. The van der Waals surface area contributed by atoms with Gasteiger partial charge in [-0.15, -0.1) is 0 Å². The van der Waals surface area contributed by atoms with Crippen LogP contribution in [-0.4, -0.2) is 24.9 Å². The maximum atomic E-state index is 9.89. The van der Waals surface area contributed by atoms with Gasteiger partial charge in [0, 0.05) is 31.9 Å². The Balaban J connectivity index is 1.86. The van der Waals surface area contributed by atoms with Gasteiger partial charge in [-0.2, -0.15) is 0 Å². The van der Waals surface area contributed by atoms with Crippen molar-refractivity contribution >= 4 is 15.9 Å². The van der Waals surface area contributed by atoms with Crippen LogP contribution in [0.1, 0.15) is 25.3 Å². The van der Waals surface area contributed by atoms with Gasteiger partial charge in [0.25, 0.3) is 0 Å². The number of ether oxygens (including phenoxy) is 1. The molecule has 1 aromatic rings. The van der Waals surface area contributed by atoms with Gasteiger partial charge in [-0.1, -0.05) is 19.1 Å². The lowest BCUT2D eigenvalue weighted by molar-refractivity contribution is 0.0240. The zero-order valence-electron chi connectivity index (χ0n) is 10.7. The van der Waals surface area contributed by atoms with Crippen LogP contribution in [0.25, 0.3) is 0 Å². The van der Waals surface area contributed by atoms with Crippen LogP contribution in [0.4, 0.5) is 0 Å². The van der Waals surface area contributed by atoms with Crippen LogP contribution in [-0.2, 0) is 11.3 Å². The van der Waals surface area contributed by atoms with Crippen molar-refractivity contribution in [1.82, 2.24) is 5.32 Å². The summed E-state index contributed by atoms with van der Waals surface area (Å²) < 4.78 is 6.14. The zero-order chi connectivity index (χ0) is 13.0. The third-order valence-electron chi connectivity index (χ3n) is 3.64. The fourth-order valence-corrected chi connectivity index (χ4v) is 2.65. The lowest BCUT2D eigenvalue weighted by Crippen LogP contribution is -2.36. The highest BCUT2D eigenvalue weighted by Gasteiger charge is 2.26. The van der Waals surface area contributed by atoms with Gasteiger partial charge in [0.2, 0.25) is 0 Å². The topological polar surface area (TPSA) is 41.5 Å². The van der Waals surface area contributed by atoms with Crippen molar-refractivity contribution < 1.29 is 9.84 Å². The van der Waals surface area contributed by atoms with E-state index in [9.17, 15) is 5.11 Å². The fraction of sp³-hybridized carbons (Fsp3) is 0.571. The summed E-state index contributed by atoms with van der Waals surface area (Å²) in [5.41, 5.74) is 1.25. The highest BCUT2D eigenvalue weighted by molar-refractivity contribution is 9.10. The molecule has 4 heteroatoms. The first-order valence-corrected chi connectivity index (χ1v) is 7.15. The van der Waals surface area contributed by atoms with E-state index in [0.717, 1.165) is 42.6 Å². The Hall–Kier alpha value is -0.580. The number of rotatable bonds is 4. The molecule has 2 N–H and O–H groups in total. The molecule has 1 aliphatic heterocycles. The van der Waals surface area contributed by atoms with Crippen LogP contribution < -0.4 is 5.32 Å². The molecule has 3 nitrogen and oxygen atoms in total. The van der Waals surface area contributed by atoms with Crippen molar-refractivity contribution in [3.05, 3.63) is 28.2 Å². The van der Waals surface area contributed by atoms with Crippen LogP contribution in [0.2, 0.25) is 0 Å². The Kier molecular flexibility index (Phi) is 4.65. The van der Waals surface area contributed by atoms with Crippen molar-refractivity contribution in [1.29, 1.82) is 0 Å². The maximum Gasteiger partial charge on any atom is 0.134 e. The van der Waals surface area contributed by atoms with Gasteiger partial charge in [-0.3, -0.25) is 0 Å². The predicted octanol–water partition coefficient (Wildman–Crippen LogP) is 3.06. The molecule has 1 saturated heterocycles. The average Bonchev–Trinajstić information content (AvgIpc) is 2.35. The minimum Gasteiger partial charge on any atom is -0.506 e. The molecule has 1 heterocycles. The number of benzene rings is 1. The Labute approximate surface area is 117 Å². The number of nitrogens with one attached hydrogen (secondary N) is 1. The van der Waals surface area contributed by atoms with Gasteiger partial charge in [0.05, 0.1) is 4.47 Å². The molecule has 0 bridgehead atoms. The molecule has 1 aliphatic rings. The molecule has 0 spiro atoms. The zero-order valence-corrected chi connectivity index (χ0v) is 12.3. The largest absolute Gasteiger partial charge is 0.506 e. The summed E-state index contributed by atoms with van der Waals surface area (Å²) in [4.78, 5) is 0. The number of aromatic hydroxyl groups is 1. The number of phenols is 1. The number of hydrogen-bond donors (Lipinski definition) is 2. The SMILES string of the molecule is CC1(CNCc2cccc(Br)c2O)CCOCC1. The molecule has 1 aromatic carbocycles. The van der Waals surface area contributed by atoms with Crippen molar-refractivity contribution in [2.24, 2.45) is 5.41 Å². The molecule has 0 aliphatic carbocycles. The Morgan fingerprint density at radius 2 is 2.11 bits per heavy atom. The lowest BCUT2D eigenvalue weighted by Gasteiger charge is -2.33. The standard InChI is InChI=1S/C14H20BrNO2/c1-14(5-7-18-8-6-14)10-16-9-11-3-2-4-12(15)13(11)17/h2-4,16-17H,5-10H2,1H3. The third-order valence-corrected chi connectivity index (χ3v) is 4.28. The van der Waals surface area contributed by atoms with Crippen molar-refractivity contribution in [2.75, 3.05) is 19.8 Å². The minimum atomic E-state index is 0.319. The van der Waals surface area contributed by atoms with Crippen molar-refractivity contribution in [3.8, 4) is 5.75 Å². The van der Waals surface area contributed by atoms with Gasteiger partial charge >= 0.3 is 0 Å². The van der Waals surface area contributed by atoms with Gasteiger partial charge in [-0.05, 0) is 40.3 Å². The van der Waals surface area contributed by atoms with E-state index in [1.807, 2.05) is 18.2 Å². The summed E-state index contributed by atoms with van der Waals surface area (Å²) in [5.74, 6) is 0.335. The van der Waals surface area contributed by atoms with Crippen LogP contribution in [0.5, 0.6) is 5.75 Å². The van der Waals surface area contributed by atoms with Crippen molar-refractivity contribution in [3.63, 3.8) is 0 Å². The molecule has 0 atom stereocenters. The molecular formula is C14H20BrNO2. The summed E-state index contributed by atoms with van der Waals surface area (Å²) in [5, 5.41) is 13.3. The molecule has 2 rings (SSSR count). The van der Waals surface area contributed by atoms with Gasteiger partial charge in [0.15, 0.2) is 0 Å². The molecule has 0 radical (unpaired) electrons. The van der Waals surface area contributed by atoms with Gasteiger partial charge in [0.1, 0.15) is 5.75 Å². The van der Waals surface area contributed by atoms with Gasteiger partial charge < -0.3 is 15.2 Å². The summed E-state index contributed by atoms with van der Waals surface area (Å²) in [6.45, 7) is 5.67. The number of halogens is 1. The summed E-state index contributed by atoms with van der Waals surface area (Å²) in [6.07, 6.45) is 2.20. The lowest BCUT2D eigenvalue weighted by atomic mass is 9.82. The highest BCUT2D eigenvalue weighted by Crippen LogP contribution is 2.30. The van der Waals surface area contributed by atoms with Crippen LogP contribution in [0.3, 0.4) is 0 Å². The first-order valence-electron chi connectivity index (χ1n) is 6.36. The monoisotopic (exact) mass is 313 g/mol. The van der Waals surface area contributed by atoms with E-state index in [-0.39, 0.29) is 0 Å². The van der Waals surface area contributed by atoms with Crippen LogP contribution in [0, 0.1) is 5.41 Å². The molecule has 0 saturated carbocycles. The first-order chi connectivity index (χ1) is 8.61. The number of hydrogen-bond acceptors (Lipinski definition) is 3. The second-order valence-corrected chi connectivity index (χ2v) is 6.13. The summed E-state index contributed by atoms with van der Waals surface area (Å²) in [7, 11) is 0. The smallest absolute Gasteiger partial charge is 0.134 e. The van der Waals surface area contributed by atoms with E-state index >= 15 is 0 Å². The van der Waals surface area contributed by atoms with E-state index in [4.69, 9.17) is 4.74 Å². The average molecular weight is 314 g/mol. The van der Waals surface area contributed by atoms with E-state index in [1.165, 1.54) is 0 Å². The Morgan fingerprint density at radius 3 is 2.83 bits per heavy atom. The van der Waals surface area contributed by atoms with E-state index in [2.05, 4.69) is 28.2 Å².